The molecule has 2 N–H and O–H groups in total. The zero-order chi connectivity index (χ0) is 30.8. The number of aromatic nitrogens is 2. The molecular formula is C28H20F4N4O6S. The molecule has 4 aromatic rings. The number of fused-ring (bicyclic) bond motifs is 1. The fourth-order valence-electron chi connectivity index (χ4n) is 4.47. The Bertz CT molecular complexity index is 1790. The van der Waals surface area contributed by atoms with E-state index in [0.717, 1.165) is 18.3 Å². The van der Waals surface area contributed by atoms with Crippen LogP contribution in [0.3, 0.4) is 0 Å². The first-order valence-corrected chi connectivity index (χ1v) is 13.9. The van der Waals surface area contributed by atoms with Crippen LogP contribution < -0.4 is 19.5 Å². The molecule has 0 saturated carbocycles. The van der Waals surface area contributed by atoms with E-state index < -0.39 is 45.3 Å². The minimum absolute atomic E-state index is 0.0134. The third-order valence-electron chi connectivity index (χ3n) is 6.43. The molecule has 1 aliphatic rings. The van der Waals surface area contributed by atoms with Gasteiger partial charge in [-0.05, 0) is 54.1 Å². The molecule has 0 radical (unpaired) electrons. The van der Waals surface area contributed by atoms with Gasteiger partial charge in [0.15, 0.2) is 11.6 Å². The molecule has 2 aromatic heterocycles. The largest absolute Gasteiger partial charge is 0.573 e. The van der Waals surface area contributed by atoms with Gasteiger partial charge in [-0.15, -0.1) is 13.2 Å². The quantitative estimate of drug-likeness (QED) is 0.297. The monoisotopic (exact) mass is 616 g/mol. The van der Waals surface area contributed by atoms with E-state index in [1.54, 1.807) is 18.2 Å². The van der Waals surface area contributed by atoms with Gasteiger partial charge in [0.1, 0.15) is 22.7 Å². The minimum atomic E-state index is -5.12. The normalized spacial score (nSPS) is 16.4. The molecular weight excluding hydrogens is 596 g/mol. The van der Waals surface area contributed by atoms with Crippen molar-refractivity contribution in [2.45, 2.75) is 23.2 Å². The van der Waals surface area contributed by atoms with Crippen LogP contribution in [0.2, 0.25) is 0 Å². The van der Waals surface area contributed by atoms with E-state index in [1.807, 2.05) is 4.72 Å². The summed E-state index contributed by atoms with van der Waals surface area (Å²) in [4.78, 5) is 34.2. The average molecular weight is 617 g/mol. The van der Waals surface area contributed by atoms with Gasteiger partial charge in [-0.1, -0.05) is 24.3 Å². The molecule has 0 saturated heterocycles. The number of sulfonamides is 1. The van der Waals surface area contributed by atoms with Crippen molar-refractivity contribution in [3.05, 3.63) is 114 Å². The number of nitrogens with one attached hydrogen (secondary N) is 2. The molecule has 43 heavy (non-hydrogen) atoms. The second-order valence-electron chi connectivity index (χ2n) is 9.18. The first kappa shape index (κ1) is 29.4. The Morgan fingerprint density at radius 3 is 2.40 bits per heavy atom. The maximum atomic E-state index is 14.8. The maximum absolute atomic E-state index is 14.8. The summed E-state index contributed by atoms with van der Waals surface area (Å²) in [5.74, 6) is -3.93. The van der Waals surface area contributed by atoms with Gasteiger partial charge in [-0.25, -0.2) is 17.5 Å². The van der Waals surface area contributed by atoms with Gasteiger partial charge >= 0.3 is 6.36 Å². The summed E-state index contributed by atoms with van der Waals surface area (Å²) >= 11 is 0. The summed E-state index contributed by atoms with van der Waals surface area (Å²) in [5.41, 5.74) is -1.71. The molecule has 10 nitrogen and oxygen atoms in total. The Hall–Kier alpha value is -5.05. The summed E-state index contributed by atoms with van der Waals surface area (Å²) in [5, 5.41) is 2.75. The number of ether oxygens (including phenoxy) is 2. The molecule has 0 fully saturated rings. The lowest BCUT2D eigenvalue weighted by Gasteiger charge is -2.39. The first-order chi connectivity index (χ1) is 20.4. The van der Waals surface area contributed by atoms with Crippen LogP contribution in [0.5, 0.6) is 11.5 Å². The molecule has 0 spiro atoms. The molecule has 2 aromatic carbocycles. The second kappa shape index (κ2) is 11.3. The number of alkyl halides is 3. The molecule has 1 aliphatic heterocycles. The highest BCUT2D eigenvalue weighted by molar-refractivity contribution is 7.90. The van der Waals surface area contributed by atoms with E-state index in [1.165, 1.54) is 48.7 Å². The molecule has 0 bridgehead atoms. The van der Waals surface area contributed by atoms with Crippen LogP contribution in [0.25, 0.3) is 0 Å². The minimum Gasteiger partial charge on any atom is -0.491 e. The van der Waals surface area contributed by atoms with Gasteiger partial charge in [-0.3, -0.25) is 19.6 Å². The van der Waals surface area contributed by atoms with Gasteiger partial charge in [0.05, 0.1) is 17.1 Å². The lowest BCUT2D eigenvalue weighted by molar-refractivity contribution is -0.275. The number of nitrogens with zero attached hydrogens (tertiary/aromatic N) is 2. The van der Waals surface area contributed by atoms with Crippen LogP contribution in [-0.2, 0) is 15.6 Å². The molecule has 2 amide bonds. The van der Waals surface area contributed by atoms with E-state index >= 15 is 0 Å². The Labute approximate surface area is 241 Å². The van der Waals surface area contributed by atoms with Gasteiger partial charge in [0.25, 0.3) is 21.8 Å². The Balaban J connectivity index is 1.43. The van der Waals surface area contributed by atoms with Gasteiger partial charge < -0.3 is 14.8 Å². The van der Waals surface area contributed by atoms with Crippen molar-refractivity contribution in [1.29, 1.82) is 0 Å². The lowest BCUT2D eigenvalue weighted by atomic mass is 9.81. The third-order valence-corrected chi connectivity index (χ3v) is 7.77. The summed E-state index contributed by atoms with van der Waals surface area (Å²) < 4.78 is 89.2. The fraction of sp³-hybridized carbons (Fsp3) is 0.143. The maximum Gasteiger partial charge on any atom is 0.573 e. The highest BCUT2D eigenvalue weighted by Gasteiger charge is 2.43. The standard InChI is InChI=1S/C28H20F4N4O6S/c29-20-15-18(9-11-22(20)42-28(30,31)32)27(12-14-41-23-7-4-13-33-24(23)27)35-26(38)21-10-8-17(16-34-21)25(37)36-43(39,40)19-5-2-1-3-6-19/h1-11,13,15-16H,12,14H2,(H,35,38)(H,36,37)/t27-/m0/s1. The summed E-state index contributed by atoms with van der Waals surface area (Å²) in [6.45, 7) is 0.0316. The number of carbonyl (C=O) groups is 2. The van der Waals surface area contributed by atoms with Crippen molar-refractivity contribution in [2.75, 3.05) is 6.61 Å². The van der Waals surface area contributed by atoms with Crippen LogP contribution in [0, 0.1) is 5.82 Å². The number of pyridine rings is 2. The molecule has 0 aliphatic carbocycles. The molecule has 3 heterocycles. The number of carbonyl (C=O) groups excluding carboxylic acids is 2. The zero-order valence-corrected chi connectivity index (χ0v) is 22.6. The van der Waals surface area contributed by atoms with Crippen LogP contribution in [-0.4, -0.2) is 43.2 Å². The highest BCUT2D eigenvalue weighted by atomic mass is 32.2. The first-order valence-electron chi connectivity index (χ1n) is 12.4. The number of amides is 2. The molecule has 5 rings (SSSR count). The number of hydrogen-bond donors (Lipinski definition) is 2. The Kier molecular flexibility index (Phi) is 7.75. The average Bonchev–Trinajstić information content (AvgIpc) is 2.98. The van der Waals surface area contributed by atoms with Crippen molar-refractivity contribution >= 4 is 21.8 Å². The van der Waals surface area contributed by atoms with Crippen molar-refractivity contribution in [3.63, 3.8) is 0 Å². The predicted octanol–water partition coefficient (Wildman–Crippen LogP) is 4.09. The molecule has 0 unspecified atom stereocenters. The van der Waals surface area contributed by atoms with E-state index in [2.05, 4.69) is 20.0 Å². The third kappa shape index (κ3) is 6.25. The van der Waals surface area contributed by atoms with Crippen LogP contribution in [0.4, 0.5) is 17.6 Å². The topological polar surface area (TPSA) is 137 Å². The second-order valence-corrected chi connectivity index (χ2v) is 10.9. The molecule has 222 valence electrons. The van der Waals surface area contributed by atoms with Crippen LogP contribution in [0.1, 0.15) is 38.5 Å². The van der Waals surface area contributed by atoms with Crippen LogP contribution >= 0.6 is 0 Å². The molecule has 1 atom stereocenters. The number of halogens is 4. The number of hydrogen-bond acceptors (Lipinski definition) is 8. The summed E-state index contributed by atoms with van der Waals surface area (Å²) in [6.07, 6.45) is -2.71. The summed E-state index contributed by atoms with van der Waals surface area (Å²) in [6, 6.07) is 15.5. The lowest BCUT2D eigenvalue weighted by Crippen LogP contribution is -2.50. The van der Waals surface area contributed by atoms with E-state index in [-0.39, 0.29) is 46.2 Å². The van der Waals surface area contributed by atoms with Crippen molar-refractivity contribution in [1.82, 2.24) is 20.0 Å². The van der Waals surface area contributed by atoms with Crippen molar-refractivity contribution in [2.24, 2.45) is 0 Å². The van der Waals surface area contributed by atoms with Gasteiger partial charge in [-0.2, -0.15) is 0 Å². The Morgan fingerprint density at radius 2 is 1.72 bits per heavy atom. The SMILES string of the molecule is O=C(NS(=O)(=O)c1ccccc1)c1ccc(C(=O)N[C@]2(c3ccc(OC(F)(F)F)c(F)c3)CCOc3cccnc32)nc1. The van der Waals surface area contributed by atoms with Crippen molar-refractivity contribution < 1.29 is 45.0 Å². The summed E-state index contributed by atoms with van der Waals surface area (Å²) in [7, 11) is -4.16. The fourth-order valence-corrected chi connectivity index (χ4v) is 5.46. The van der Waals surface area contributed by atoms with Gasteiger partial charge in [0.2, 0.25) is 0 Å². The predicted molar refractivity (Wildman–Crippen MR) is 141 cm³/mol. The number of rotatable bonds is 7. The Morgan fingerprint density at radius 1 is 0.953 bits per heavy atom. The van der Waals surface area contributed by atoms with Crippen molar-refractivity contribution in [3.8, 4) is 11.5 Å². The van der Waals surface area contributed by atoms with Crippen LogP contribution in [0.15, 0.2) is 90.1 Å². The highest BCUT2D eigenvalue weighted by Crippen LogP contribution is 2.42. The van der Waals surface area contributed by atoms with Gasteiger partial charge in [0, 0.05) is 18.8 Å². The molecule has 15 heteroatoms. The van der Waals surface area contributed by atoms with E-state index in [4.69, 9.17) is 4.74 Å². The van der Waals surface area contributed by atoms with E-state index in [9.17, 15) is 35.6 Å². The van der Waals surface area contributed by atoms with E-state index in [0.29, 0.717) is 0 Å². The smallest absolute Gasteiger partial charge is 0.491 e. The number of benzene rings is 2. The zero-order valence-electron chi connectivity index (χ0n) is 21.8.